The van der Waals surface area contributed by atoms with Crippen molar-refractivity contribution in [2.45, 2.75) is 20.3 Å². The lowest BCUT2D eigenvalue weighted by molar-refractivity contribution is -0.122. The molecule has 1 heterocycles. The lowest BCUT2D eigenvalue weighted by atomic mass is 10.0. The number of rotatable bonds is 7. The van der Waals surface area contributed by atoms with Crippen LogP contribution < -0.4 is 19.7 Å². The minimum absolute atomic E-state index is 0.196. The Morgan fingerprint density at radius 3 is 2.56 bits per heavy atom. The van der Waals surface area contributed by atoms with E-state index in [1.165, 1.54) is 19.3 Å². The number of anilines is 1. The molecule has 0 aromatic heterocycles. The maximum Gasteiger partial charge on any atom is 0.335 e. The van der Waals surface area contributed by atoms with E-state index in [1.54, 1.807) is 37.3 Å². The number of halogens is 1. The molecule has 8 heteroatoms. The summed E-state index contributed by atoms with van der Waals surface area (Å²) in [5.41, 5.74) is 2.18. The molecular weight excluding hydrogens is 432 g/mol. The maximum atomic E-state index is 13.2. The highest BCUT2D eigenvalue weighted by molar-refractivity contribution is 6.39. The molecule has 0 aliphatic carbocycles. The summed E-state index contributed by atoms with van der Waals surface area (Å²) in [5.74, 6) is -0.506. The van der Waals surface area contributed by atoms with E-state index >= 15 is 0 Å². The van der Waals surface area contributed by atoms with Crippen LogP contribution in [0.4, 0.5) is 10.5 Å². The summed E-state index contributed by atoms with van der Waals surface area (Å²) >= 11 is 6.16. The predicted molar refractivity (Wildman–Crippen MR) is 123 cm³/mol. The summed E-state index contributed by atoms with van der Waals surface area (Å²) in [6, 6.07) is 7.40. The molecular formula is C24H23ClN2O5. The van der Waals surface area contributed by atoms with Crippen LogP contribution in [0, 0.1) is 6.92 Å². The van der Waals surface area contributed by atoms with E-state index in [4.69, 9.17) is 21.1 Å². The van der Waals surface area contributed by atoms with Crippen LogP contribution in [0.1, 0.15) is 23.6 Å². The molecule has 1 saturated heterocycles. The zero-order chi connectivity index (χ0) is 23.4. The third-order valence-corrected chi connectivity index (χ3v) is 5.26. The number of carbonyl (C=O) groups excluding carboxylic acids is 3. The highest BCUT2D eigenvalue weighted by Crippen LogP contribution is 2.35. The van der Waals surface area contributed by atoms with Gasteiger partial charge in [0.15, 0.2) is 11.5 Å². The molecule has 1 N–H and O–H groups in total. The van der Waals surface area contributed by atoms with Crippen molar-refractivity contribution in [3.63, 3.8) is 0 Å². The van der Waals surface area contributed by atoms with Gasteiger partial charge in [-0.05, 0) is 61.7 Å². The van der Waals surface area contributed by atoms with Gasteiger partial charge in [0.1, 0.15) is 5.57 Å². The second kappa shape index (κ2) is 9.70. The SMILES string of the molecule is C=CCc1cc(/C=C2/C(=O)NC(=O)N(c3ccc(C)c(Cl)c3)C2=O)cc(OCC)c1OC. The summed E-state index contributed by atoms with van der Waals surface area (Å²) in [7, 11) is 1.54. The lowest BCUT2D eigenvalue weighted by Gasteiger charge is -2.26. The molecule has 1 aliphatic heterocycles. The number of imide groups is 2. The Kier molecular flexibility index (Phi) is 7.00. The first-order valence-corrected chi connectivity index (χ1v) is 10.3. The topological polar surface area (TPSA) is 84.9 Å². The third kappa shape index (κ3) is 4.53. The number of nitrogens with one attached hydrogen (secondary N) is 1. The van der Waals surface area contributed by atoms with Crippen molar-refractivity contribution in [3.05, 3.63) is 70.3 Å². The van der Waals surface area contributed by atoms with E-state index in [1.807, 2.05) is 6.92 Å². The molecule has 32 heavy (non-hydrogen) atoms. The van der Waals surface area contributed by atoms with Gasteiger partial charge in [0, 0.05) is 10.6 Å². The molecule has 7 nitrogen and oxygen atoms in total. The van der Waals surface area contributed by atoms with Gasteiger partial charge >= 0.3 is 6.03 Å². The number of aryl methyl sites for hydroxylation is 1. The number of amides is 4. The fourth-order valence-corrected chi connectivity index (χ4v) is 3.52. The largest absolute Gasteiger partial charge is 0.493 e. The van der Waals surface area contributed by atoms with Crippen molar-refractivity contribution >= 4 is 41.2 Å². The second-order valence-corrected chi connectivity index (χ2v) is 7.44. The minimum atomic E-state index is -0.839. The molecule has 2 aromatic carbocycles. The minimum Gasteiger partial charge on any atom is -0.493 e. The number of urea groups is 1. The number of methoxy groups -OCH3 is 1. The number of carbonyl (C=O) groups is 3. The van der Waals surface area contributed by atoms with Crippen molar-refractivity contribution < 1.29 is 23.9 Å². The average Bonchev–Trinajstić information content (AvgIpc) is 2.74. The van der Waals surface area contributed by atoms with Crippen molar-refractivity contribution in [1.29, 1.82) is 0 Å². The van der Waals surface area contributed by atoms with Gasteiger partial charge in [0.2, 0.25) is 0 Å². The van der Waals surface area contributed by atoms with Crippen LogP contribution in [-0.2, 0) is 16.0 Å². The zero-order valence-corrected chi connectivity index (χ0v) is 18.8. The van der Waals surface area contributed by atoms with Crippen molar-refractivity contribution in [3.8, 4) is 11.5 Å². The van der Waals surface area contributed by atoms with E-state index in [2.05, 4.69) is 11.9 Å². The first-order valence-electron chi connectivity index (χ1n) is 9.92. The number of hydrogen-bond donors (Lipinski definition) is 1. The average molecular weight is 455 g/mol. The van der Waals surface area contributed by atoms with Crippen LogP contribution in [0.15, 0.2) is 48.6 Å². The molecule has 0 saturated carbocycles. The zero-order valence-electron chi connectivity index (χ0n) is 18.0. The van der Waals surface area contributed by atoms with Gasteiger partial charge in [-0.25, -0.2) is 9.69 Å². The van der Waals surface area contributed by atoms with Crippen molar-refractivity contribution in [2.24, 2.45) is 0 Å². The van der Waals surface area contributed by atoms with Gasteiger partial charge < -0.3 is 9.47 Å². The van der Waals surface area contributed by atoms with E-state index in [0.29, 0.717) is 35.1 Å². The first kappa shape index (κ1) is 23.1. The number of hydrogen-bond acceptors (Lipinski definition) is 5. The van der Waals surface area contributed by atoms with Crippen LogP contribution in [-0.4, -0.2) is 31.6 Å². The van der Waals surface area contributed by atoms with Gasteiger partial charge in [0.05, 0.1) is 19.4 Å². The number of allylic oxidation sites excluding steroid dienone is 1. The van der Waals surface area contributed by atoms with Crippen LogP contribution in [0.2, 0.25) is 5.02 Å². The molecule has 2 aromatic rings. The van der Waals surface area contributed by atoms with Crippen LogP contribution in [0.25, 0.3) is 6.08 Å². The van der Waals surface area contributed by atoms with Gasteiger partial charge in [-0.15, -0.1) is 6.58 Å². The Bertz CT molecular complexity index is 1140. The van der Waals surface area contributed by atoms with Crippen molar-refractivity contribution in [2.75, 3.05) is 18.6 Å². The van der Waals surface area contributed by atoms with Crippen LogP contribution in [0.3, 0.4) is 0 Å². The predicted octanol–water partition coefficient (Wildman–Crippen LogP) is 4.45. The molecule has 1 aliphatic rings. The number of nitrogens with zero attached hydrogens (tertiary/aromatic N) is 1. The second-order valence-electron chi connectivity index (χ2n) is 7.03. The van der Waals surface area contributed by atoms with Crippen LogP contribution >= 0.6 is 11.6 Å². The quantitative estimate of drug-likeness (QED) is 0.379. The van der Waals surface area contributed by atoms with E-state index in [0.717, 1.165) is 16.0 Å². The van der Waals surface area contributed by atoms with Gasteiger partial charge in [-0.2, -0.15) is 0 Å². The monoisotopic (exact) mass is 454 g/mol. The summed E-state index contributed by atoms with van der Waals surface area (Å²) < 4.78 is 11.2. The van der Waals surface area contributed by atoms with Gasteiger partial charge in [-0.3, -0.25) is 14.9 Å². The highest BCUT2D eigenvalue weighted by Gasteiger charge is 2.37. The smallest absolute Gasteiger partial charge is 0.335 e. The summed E-state index contributed by atoms with van der Waals surface area (Å²) in [4.78, 5) is 39.0. The molecule has 3 rings (SSSR count). The molecule has 166 valence electrons. The fourth-order valence-electron chi connectivity index (χ4n) is 3.35. The number of ether oxygens (including phenoxy) is 2. The van der Waals surface area contributed by atoms with Gasteiger partial charge in [0.25, 0.3) is 11.8 Å². The van der Waals surface area contributed by atoms with E-state index in [9.17, 15) is 14.4 Å². The number of benzene rings is 2. The standard InChI is InChI=1S/C24H23ClN2O5/c1-5-7-16-10-15(12-20(32-6-2)21(16)31-4)11-18-22(28)26-24(30)27(23(18)29)17-9-8-14(3)19(25)13-17/h5,8-13H,1,6-7H2,2-4H3,(H,26,28,30)/b18-11-. The Hall–Kier alpha value is -3.58. The molecule has 0 unspecified atom stereocenters. The molecule has 0 spiro atoms. The Morgan fingerprint density at radius 2 is 1.94 bits per heavy atom. The Balaban J connectivity index is 2.09. The molecule has 0 atom stereocenters. The van der Waals surface area contributed by atoms with E-state index < -0.39 is 17.8 Å². The van der Waals surface area contributed by atoms with Crippen LogP contribution in [0.5, 0.6) is 11.5 Å². The molecule has 0 radical (unpaired) electrons. The maximum absolute atomic E-state index is 13.2. The summed E-state index contributed by atoms with van der Waals surface area (Å²) in [6.07, 6.45) is 3.62. The molecule has 4 amide bonds. The first-order chi connectivity index (χ1) is 15.3. The normalized spacial score (nSPS) is 15.1. The highest BCUT2D eigenvalue weighted by atomic mass is 35.5. The summed E-state index contributed by atoms with van der Waals surface area (Å²) in [5, 5.41) is 2.61. The third-order valence-electron chi connectivity index (χ3n) is 4.85. The number of barbiturate groups is 1. The summed E-state index contributed by atoms with van der Waals surface area (Å²) in [6.45, 7) is 7.80. The fraction of sp³-hybridized carbons (Fsp3) is 0.208. The van der Waals surface area contributed by atoms with Gasteiger partial charge in [-0.1, -0.05) is 23.7 Å². The Morgan fingerprint density at radius 1 is 1.19 bits per heavy atom. The van der Waals surface area contributed by atoms with E-state index in [-0.39, 0.29) is 11.3 Å². The lowest BCUT2D eigenvalue weighted by Crippen LogP contribution is -2.54. The van der Waals surface area contributed by atoms with Crippen molar-refractivity contribution in [1.82, 2.24) is 5.32 Å². The molecule has 1 fully saturated rings. The Labute approximate surface area is 191 Å². The molecule has 0 bridgehead atoms.